The van der Waals surface area contributed by atoms with Crippen LogP contribution >= 0.6 is 23.4 Å². The van der Waals surface area contributed by atoms with Crippen molar-refractivity contribution in [2.75, 3.05) is 6.54 Å². The summed E-state index contributed by atoms with van der Waals surface area (Å²) < 4.78 is 42.0. The number of carbonyl (C=O) groups excluding carboxylic acids is 2. The normalized spacial score (nSPS) is 22.0. The number of fused-ring (bicyclic) bond motifs is 1. The molecule has 2 amide bonds. The first kappa shape index (κ1) is 25.8. The molecule has 2 fully saturated rings. The molecule has 11 heteroatoms. The molecule has 1 aliphatic heterocycles. The van der Waals surface area contributed by atoms with Gasteiger partial charge >= 0.3 is 6.18 Å². The zero-order valence-electron chi connectivity index (χ0n) is 19.7. The van der Waals surface area contributed by atoms with Gasteiger partial charge in [-0.2, -0.15) is 18.3 Å². The lowest BCUT2D eigenvalue weighted by molar-refractivity contribution is -0.138. The average molecular weight is 549 g/mol. The number of thioether (sulfide) groups is 1. The maximum absolute atomic E-state index is 13.5. The smallest absolute Gasteiger partial charge is 0.328 e. The molecular weight excluding hydrogens is 525 g/mol. The van der Waals surface area contributed by atoms with Gasteiger partial charge in [-0.05, 0) is 78.4 Å². The maximum Gasteiger partial charge on any atom is 0.416 e. The van der Waals surface area contributed by atoms with Crippen molar-refractivity contribution in [2.45, 2.75) is 44.4 Å². The lowest BCUT2D eigenvalue weighted by atomic mass is 9.86. The van der Waals surface area contributed by atoms with Crippen molar-refractivity contribution in [3.05, 3.63) is 69.2 Å². The fourth-order valence-corrected chi connectivity index (χ4v) is 6.02. The molecule has 2 atom stereocenters. The van der Waals surface area contributed by atoms with Gasteiger partial charge in [-0.15, -0.1) is 0 Å². The molecule has 2 aromatic carbocycles. The van der Waals surface area contributed by atoms with Gasteiger partial charge in [0.1, 0.15) is 0 Å². The first-order valence-corrected chi connectivity index (χ1v) is 13.1. The summed E-state index contributed by atoms with van der Waals surface area (Å²) in [6, 6.07) is 9.08. The van der Waals surface area contributed by atoms with Crippen molar-refractivity contribution < 1.29 is 22.8 Å². The van der Waals surface area contributed by atoms with Crippen molar-refractivity contribution in [3.8, 4) is 0 Å². The highest BCUT2D eigenvalue weighted by Gasteiger charge is 2.37. The van der Waals surface area contributed by atoms with Gasteiger partial charge in [-0.1, -0.05) is 30.2 Å². The van der Waals surface area contributed by atoms with Crippen LogP contribution in [0.2, 0.25) is 5.02 Å². The summed E-state index contributed by atoms with van der Waals surface area (Å²) in [4.78, 5) is 27.1. The largest absolute Gasteiger partial charge is 0.416 e. The van der Waals surface area contributed by atoms with Crippen LogP contribution in [0.3, 0.4) is 0 Å². The Morgan fingerprint density at radius 3 is 2.73 bits per heavy atom. The second-order valence-corrected chi connectivity index (χ2v) is 10.9. The maximum atomic E-state index is 13.5. The van der Waals surface area contributed by atoms with Gasteiger partial charge in [-0.3, -0.25) is 19.2 Å². The van der Waals surface area contributed by atoms with Gasteiger partial charge in [-0.25, -0.2) is 0 Å². The number of aromatic nitrogens is 2. The highest BCUT2D eigenvalue weighted by molar-refractivity contribution is 8.18. The number of carbonyl (C=O) groups is 2. The Morgan fingerprint density at radius 2 is 1.97 bits per heavy atom. The van der Waals surface area contributed by atoms with E-state index in [0.29, 0.717) is 27.9 Å². The number of rotatable bonds is 5. The summed E-state index contributed by atoms with van der Waals surface area (Å²) in [5, 5.41) is 4.70. The Hall–Kier alpha value is -2.82. The Bertz CT molecular complexity index is 1400. The molecule has 5 rings (SSSR count). The van der Waals surface area contributed by atoms with Gasteiger partial charge < -0.3 is 5.73 Å². The summed E-state index contributed by atoms with van der Waals surface area (Å²) in [6.45, 7) is 0.296. The number of halogens is 4. The van der Waals surface area contributed by atoms with Crippen LogP contribution in [-0.4, -0.2) is 38.4 Å². The topological polar surface area (TPSA) is 81.2 Å². The molecule has 37 heavy (non-hydrogen) atoms. The number of alkyl halides is 3. The molecule has 0 spiro atoms. The van der Waals surface area contributed by atoms with E-state index in [0.717, 1.165) is 43.5 Å². The quantitative estimate of drug-likeness (QED) is 0.378. The van der Waals surface area contributed by atoms with E-state index < -0.39 is 11.7 Å². The highest BCUT2D eigenvalue weighted by atomic mass is 35.5. The van der Waals surface area contributed by atoms with Gasteiger partial charge in [0, 0.05) is 23.0 Å². The van der Waals surface area contributed by atoms with Gasteiger partial charge in [0.05, 0.1) is 28.7 Å². The molecule has 2 N–H and O–H groups in total. The van der Waals surface area contributed by atoms with E-state index in [4.69, 9.17) is 17.3 Å². The summed E-state index contributed by atoms with van der Waals surface area (Å²) >= 11 is 6.70. The highest BCUT2D eigenvalue weighted by Crippen LogP contribution is 2.36. The molecule has 1 aliphatic carbocycles. The Morgan fingerprint density at radius 1 is 1.16 bits per heavy atom. The van der Waals surface area contributed by atoms with Crippen LogP contribution in [0.5, 0.6) is 0 Å². The number of amides is 2. The molecule has 1 saturated heterocycles. The minimum absolute atomic E-state index is 0.0118. The molecule has 2 heterocycles. The van der Waals surface area contributed by atoms with Crippen LogP contribution < -0.4 is 5.73 Å². The molecule has 0 bridgehead atoms. The van der Waals surface area contributed by atoms with Crippen molar-refractivity contribution in [2.24, 2.45) is 11.7 Å². The number of imide groups is 1. The third kappa shape index (κ3) is 5.56. The first-order chi connectivity index (χ1) is 17.6. The Labute approximate surface area is 220 Å². The van der Waals surface area contributed by atoms with Crippen molar-refractivity contribution in [1.29, 1.82) is 0 Å². The first-order valence-electron chi connectivity index (χ1n) is 11.9. The number of nitrogens with two attached hydrogens (primary N) is 1. The number of hydrogen-bond donors (Lipinski definition) is 1. The van der Waals surface area contributed by atoms with E-state index in [1.165, 1.54) is 21.7 Å². The SMILES string of the molecule is N[C@H]1CCC[C@H](CN2C(=O)SC(=Cc3ccc4c(cnn4Cc4ccc(Cl)cc4C(F)(F)F)c3)C2=O)C1. The van der Waals surface area contributed by atoms with E-state index in [-0.39, 0.29) is 40.2 Å². The summed E-state index contributed by atoms with van der Waals surface area (Å²) in [7, 11) is 0. The second-order valence-electron chi connectivity index (χ2n) is 9.50. The predicted molar refractivity (Wildman–Crippen MR) is 138 cm³/mol. The molecular formula is C26H24ClF3N4O2S. The minimum Gasteiger partial charge on any atom is -0.328 e. The van der Waals surface area contributed by atoms with Crippen LogP contribution in [0.1, 0.15) is 42.4 Å². The van der Waals surface area contributed by atoms with Gasteiger partial charge in [0.25, 0.3) is 11.1 Å². The van der Waals surface area contributed by atoms with Crippen LogP contribution in [0.25, 0.3) is 17.0 Å². The minimum atomic E-state index is -4.54. The summed E-state index contributed by atoms with van der Waals surface area (Å²) in [5.41, 5.74) is 6.64. The van der Waals surface area contributed by atoms with E-state index in [9.17, 15) is 22.8 Å². The fraction of sp³-hybridized carbons (Fsp3) is 0.346. The van der Waals surface area contributed by atoms with Crippen molar-refractivity contribution in [3.63, 3.8) is 0 Å². The average Bonchev–Trinajstić information content (AvgIpc) is 3.35. The predicted octanol–water partition coefficient (Wildman–Crippen LogP) is 6.31. The molecule has 6 nitrogen and oxygen atoms in total. The fourth-order valence-electron chi connectivity index (χ4n) is 5.00. The lowest BCUT2D eigenvalue weighted by Gasteiger charge is -2.28. The van der Waals surface area contributed by atoms with Gasteiger partial charge in [0.2, 0.25) is 0 Å². The van der Waals surface area contributed by atoms with Gasteiger partial charge in [0.15, 0.2) is 0 Å². The molecule has 0 radical (unpaired) electrons. The third-order valence-electron chi connectivity index (χ3n) is 6.80. The molecule has 0 unspecified atom stereocenters. The molecule has 194 valence electrons. The summed E-state index contributed by atoms with van der Waals surface area (Å²) in [6.07, 6.45) is 2.42. The zero-order chi connectivity index (χ0) is 26.3. The lowest BCUT2D eigenvalue weighted by Crippen LogP contribution is -2.37. The molecule has 2 aliphatic rings. The van der Waals surface area contributed by atoms with Crippen LogP contribution in [0.4, 0.5) is 18.0 Å². The van der Waals surface area contributed by atoms with Crippen LogP contribution in [-0.2, 0) is 17.5 Å². The standard InChI is InChI=1S/C26H24ClF3N4O2S/c27-19-6-5-17(21(11-19)26(28,29)30)14-34-22-7-4-15(8-18(22)12-32-34)10-23-24(35)33(25(36)37-23)13-16-2-1-3-20(31)9-16/h4-8,10-12,16,20H,1-3,9,13-14,31H2/t16-,20-/m0/s1. The van der Waals surface area contributed by atoms with E-state index >= 15 is 0 Å². The zero-order valence-corrected chi connectivity index (χ0v) is 21.2. The monoisotopic (exact) mass is 548 g/mol. The molecule has 1 aromatic heterocycles. The Kier molecular flexibility index (Phi) is 7.08. The number of nitrogens with zero attached hydrogens (tertiary/aromatic N) is 3. The van der Waals surface area contributed by atoms with Crippen molar-refractivity contribution >= 4 is 51.5 Å². The van der Waals surface area contributed by atoms with E-state index in [1.54, 1.807) is 30.5 Å². The Balaban J connectivity index is 1.35. The van der Waals surface area contributed by atoms with E-state index in [1.807, 2.05) is 0 Å². The van der Waals surface area contributed by atoms with Crippen LogP contribution in [0.15, 0.2) is 47.5 Å². The number of hydrogen-bond acceptors (Lipinski definition) is 5. The van der Waals surface area contributed by atoms with Crippen LogP contribution in [0, 0.1) is 5.92 Å². The number of benzene rings is 2. The summed E-state index contributed by atoms with van der Waals surface area (Å²) in [5.74, 6) is -0.0929. The molecule has 1 saturated carbocycles. The third-order valence-corrected chi connectivity index (χ3v) is 7.94. The van der Waals surface area contributed by atoms with Crippen molar-refractivity contribution in [1.82, 2.24) is 14.7 Å². The van der Waals surface area contributed by atoms with E-state index in [2.05, 4.69) is 5.10 Å². The second kappa shape index (κ2) is 10.2. The molecule has 3 aromatic rings.